The van der Waals surface area contributed by atoms with E-state index in [1.807, 2.05) is 7.05 Å². The maximum atomic E-state index is 5.64. The van der Waals surface area contributed by atoms with E-state index in [9.17, 15) is 0 Å². The Kier molecular flexibility index (Phi) is 5.44. The van der Waals surface area contributed by atoms with Crippen molar-refractivity contribution in [2.45, 2.75) is 45.3 Å². The van der Waals surface area contributed by atoms with Crippen molar-refractivity contribution in [1.29, 1.82) is 0 Å². The van der Waals surface area contributed by atoms with Crippen LogP contribution in [-0.2, 0) is 4.74 Å². The summed E-state index contributed by atoms with van der Waals surface area (Å²) in [6.45, 7) is 5.01. The van der Waals surface area contributed by atoms with Crippen LogP contribution in [0.2, 0.25) is 0 Å². The predicted octanol–water partition coefficient (Wildman–Crippen LogP) is 3.47. The Bertz CT molecular complexity index is 427. The lowest BCUT2D eigenvalue weighted by atomic mass is 9.77. The summed E-state index contributed by atoms with van der Waals surface area (Å²) in [5.41, 5.74) is 2.55. The smallest absolute Gasteiger partial charge is 0.121 e. The Morgan fingerprint density at radius 2 is 2.10 bits per heavy atom. The lowest BCUT2D eigenvalue weighted by Gasteiger charge is -2.37. The van der Waals surface area contributed by atoms with Crippen LogP contribution in [-0.4, -0.2) is 26.9 Å². The first-order valence-electron chi connectivity index (χ1n) is 7.61. The van der Waals surface area contributed by atoms with Crippen molar-refractivity contribution in [3.8, 4) is 5.75 Å². The molecule has 3 nitrogen and oxygen atoms in total. The molecule has 0 aromatic heterocycles. The van der Waals surface area contributed by atoms with E-state index in [0.717, 1.165) is 18.3 Å². The lowest BCUT2D eigenvalue weighted by Crippen LogP contribution is -2.34. The molecule has 1 atom stereocenters. The minimum absolute atomic E-state index is 0.423. The van der Waals surface area contributed by atoms with Crippen molar-refractivity contribution in [3.05, 3.63) is 29.3 Å². The van der Waals surface area contributed by atoms with Gasteiger partial charge in [0.2, 0.25) is 0 Å². The van der Waals surface area contributed by atoms with Gasteiger partial charge in [0.15, 0.2) is 0 Å². The molecule has 1 fully saturated rings. The van der Waals surface area contributed by atoms with Gasteiger partial charge < -0.3 is 14.8 Å². The molecule has 0 spiro atoms. The Labute approximate surface area is 122 Å². The molecule has 1 aromatic rings. The lowest BCUT2D eigenvalue weighted by molar-refractivity contribution is -0.0289. The van der Waals surface area contributed by atoms with E-state index in [2.05, 4.69) is 37.4 Å². The SMILES string of the molecule is CCOC1CC(CC(NC)c2ccc(OC)c(C)c2)C1. The van der Waals surface area contributed by atoms with Gasteiger partial charge in [-0.2, -0.15) is 0 Å². The molecule has 0 heterocycles. The summed E-state index contributed by atoms with van der Waals surface area (Å²) < 4.78 is 11.0. The van der Waals surface area contributed by atoms with Crippen LogP contribution in [0.4, 0.5) is 0 Å². The second kappa shape index (κ2) is 7.09. The summed E-state index contributed by atoms with van der Waals surface area (Å²) in [6, 6.07) is 6.90. The van der Waals surface area contributed by atoms with Gasteiger partial charge in [-0.25, -0.2) is 0 Å². The molecule has 3 heteroatoms. The highest BCUT2D eigenvalue weighted by atomic mass is 16.5. The van der Waals surface area contributed by atoms with Crippen LogP contribution < -0.4 is 10.1 Å². The van der Waals surface area contributed by atoms with Crippen molar-refractivity contribution in [2.24, 2.45) is 5.92 Å². The van der Waals surface area contributed by atoms with Crippen molar-refractivity contribution in [3.63, 3.8) is 0 Å². The maximum Gasteiger partial charge on any atom is 0.121 e. The van der Waals surface area contributed by atoms with E-state index < -0.39 is 0 Å². The number of hydrogen-bond acceptors (Lipinski definition) is 3. The first-order chi connectivity index (χ1) is 9.67. The number of benzene rings is 1. The van der Waals surface area contributed by atoms with Gasteiger partial charge in [0.05, 0.1) is 13.2 Å². The van der Waals surface area contributed by atoms with Crippen LogP contribution in [0.25, 0.3) is 0 Å². The molecule has 0 amide bonds. The molecule has 2 rings (SSSR count). The largest absolute Gasteiger partial charge is 0.496 e. The van der Waals surface area contributed by atoms with Crippen LogP contribution in [0.1, 0.15) is 43.4 Å². The van der Waals surface area contributed by atoms with Crippen LogP contribution in [0, 0.1) is 12.8 Å². The second-order valence-electron chi connectivity index (χ2n) is 5.72. The van der Waals surface area contributed by atoms with Crippen molar-refractivity contribution >= 4 is 0 Å². The third-order valence-corrected chi connectivity index (χ3v) is 4.33. The van der Waals surface area contributed by atoms with Crippen molar-refractivity contribution < 1.29 is 9.47 Å². The molecule has 1 saturated carbocycles. The highest BCUT2D eigenvalue weighted by Crippen LogP contribution is 2.37. The molecule has 0 saturated heterocycles. The fraction of sp³-hybridized carbons (Fsp3) is 0.647. The first-order valence-corrected chi connectivity index (χ1v) is 7.61. The number of aryl methyl sites for hydroxylation is 1. The van der Waals surface area contributed by atoms with Crippen LogP contribution in [0.5, 0.6) is 5.75 Å². The molecule has 20 heavy (non-hydrogen) atoms. The monoisotopic (exact) mass is 277 g/mol. The van der Waals surface area contributed by atoms with E-state index >= 15 is 0 Å². The molecule has 1 aliphatic carbocycles. The highest BCUT2D eigenvalue weighted by Gasteiger charge is 2.31. The van der Waals surface area contributed by atoms with Gasteiger partial charge in [-0.05, 0) is 63.3 Å². The van der Waals surface area contributed by atoms with E-state index in [-0.39, 0.29) is 0 Å². The van der Waals surface area contributed by atoms with Gasteiger partial charge in [0.1, 0.15) is 5.75 Å². The van der Waals surface area contributed by atoms with E-state index in [1.165, 1.54) is 30.4 Å². The number of ether oxygens (including phenoxy) is 2. The van der Waals surface area contributed by atoms with Gasteiger partial charge in [0.25, 0.3) is 0 Å². The van der Waals surface area contributed by atoms with E-state index in [0.29, 0.717) is 12.1 Å². The molecule has 0 aliphatic heterocycles. The summed E-state index contributed by atoms with van der Waals surface area (Å²) in [7, 11) is 3.77. The average Bonchev–Trinajstić information content (AvgIpc) is 2.41. The number of hydrogen-bond donors (Lipinski definition) is 1. The number of methoxy groups -OCH3 is 1. The fourth-order valence-electron chi connectivity index (χ4n) is 3.11. The normalized spacial score (nSPS) is 23.2. The first kappa shape index (κ1) is 15.3. The zero-order chi connectivity index (χ0) is 14.5. The highest BCUT2D eigenvalue weighted by molar-refractivity contribution is 5.37. The molecular weight excluding hydrogens is 250 g/mol. The summed E-state index contributed by atoms with van der Waals surface area (Å²) in [5, 5.41) is 3.45. The summed E-state index contributed by atoms with van der Waals surface area (Å²) >= 11 is 0. The maximum absolute atomic E-state index is 5.64. The predicted molar refractivity (Wildman–Crippen MR) is 82.3 cm³/mol. The quantitative estimate of drug-likeness (QED) is 0.828. The number of rotatable bonds is 7. The standard InChI is InChI=1S/C17H27NO2/c1-5-20-15-9-13(10-15)11-16(18-3)14-6-7-17(19-4)12(2)8-14/h6-8,13,15-16,18H,5,9-11H2,1-4H3. The molecular formula is C17H27NO2. The Morgan fingerprint density at radius 1 is 1.35 bits per heavy atom. The molecule has 1 aromatic carbocycles. The average molecular weight is 277 g/mol. The summed E-state index contributed by atoms with van der Waals surface area (Å²) in [5.74, 6) is 1.75. The van der Waals surface area contributed by atoms with Crippen LogP contribution in [0.15, 0.2) is 18.2 Å². The van der Waals surface area contributed by atoms with Crippen molar-refractivity contribution in [2.75, 3.05) is 20.8 Å². The molecule has 0 radical (unpaired) electrons. The van der Waals surface area contributed by atoms with E-state index in [4.69, 9.17) is 9.47 Å². The molecule has 112 valence electrons. The topological polar surface area (TPSA) is 30.5 Å². The Morgan fingerprint density at radius 3 is 2.65 bits per heavy atom. The van der Waals surface area contributed by atoms with E-state index in [1.54, 1.807) is 7.11 Å². The number of nitrogens with one attached hydrogen (secondary N) is 1. The summed E-state index contributed by atoms with van der Waals surface area (Å²) in [6.07, 6.45) is 4.11. The third-order valence-electron chi connectivity index (χ3n) is 4.33. The molecule has 0 bridgehead atoms. The van der Waals surface area contributed by atoms with Gasteiger partial charge in [0, 0.05) is 12.6 Å². The van der Waals surface area contributed by atoms with Crippen LogP contribution >= 0.6 is 0 Å². The minimum Gasteiger partial charge on any atom is -0.496 e. The molecule has 1 aliphatic rings. The van der Waals surface area contributed by atoms with Gasteiger partial charge in [-0.3, -0.25) is 0 Å². The molecule has 1 N–H and O–H groups in total. The van der Waals surface area contributed by atoms with Gasteiger partial charge >= 0.3 is 0 Å². The fourth-order valence-corrected chi connectivity index (χ4v) is 3.11. The zero-order valence-electron chi connectivity index (χ0n) is 13.1. The third kappa shape index (κ3) is 3.53. The zero-order valence-corrected chi connectivity index (χ0v) is 13.1. The van der Waals surface area contributed by atoms with Gasteiger partial charge in [-0.1, -0.05) is 12.1 Å². The Hall–Kier alpha value is -1.06. The Balaban J connectivity index is 1.93. The second-order valence-corrected chi connectivity index (χ2v) is 5.72. The van der Waals surface area contributed by atoms with Crippen molar-refractivity contribution in [1.82, 2.24) is 5.32 Å². The van der Waals surface area contributed by atoms with Gasteiger partial charge in [-0.15, -0.1) is 0 Å². The molecule has 1 unspecified atom stereocenters. The summed E-state index contributed by atoms with van der Waals surface area (Å²) in [4.78, 5) is 0. The van der Waals surface area contributed by atoms with Crippen LogP contribution in [0.3, 0.4) is 0 Å². The minimum atomic E-state index is 0.423.